The number of benzene rings is 1. The zero-order chi connectivity index (χ0) is 13.8. The first kappa shape index (κ1) is 14.1. The lowest BCUT2D eigenvalue weighted by molar-refractivity contribution is 0.0722. The fourth-order valence-corrected chi connectivity index (χ4v) is 2.50. The number of methoxy groups -OCH3 is 1. The number of ether oxygens (including phenoxy) is 2. The minimum Gasteiger partial charge on any atom is -0.496 e. The molecule has 2 N–H and O–H groups in total. The number of hydrogen-bond donors (Lipinski definition) is 2. The van der Waals surface area contributed by atoms with Crippen molar-refractivity contribution in [3.8, 4) is 5.75 Å². The average molecular weight is 267 g/mol. The van der Waals surface area contributed by atoms with E-state index < -0.39 is 6.10 Å². The van der Waals surface area contributed by atoms with Crippen LogP contribution in [0.5, 0.6) is 5.75 Å². The lowest BCUT2D eigenvalue weighted by atomic mass is 10.0. The second kappa shape index (κ2) is 6.23. The van der Waals surface area contributed by atoms with Crippen LogP contribution in [0.1, 0.15) is 18.6 Å². The third kappa shape index (κ3) is 2.83. The van der Waals surface area contributed by atoms with Gasteiger partial charge in [0.25, 0.3) is 0 Å². The van der Waals surface area contributed by atoms with E-state index in [1.54, 1.807) is 14.0 Å². The summed E-state index contributed by atoms with van der Waals surface area (Å²) in [4.78, 5) is 2.08. The fourth-order valence-electron chi connectivity index (χ4n) is 2.50. The topological polar surface area (TPSA) is 62.2 Å². The minimum atomic E-state index is -0.631. The zero-order valence-corrected chi connectivity index (χ0v) is 11.4. The molecule has 1 aromatic rings. The van der Waals surface area contributed by atoms with Gasteiger partial charge < -0.3 is 24.6 Å². The predicted octanol–water partition coefficient (Wildman–Crippen LogP) is 0.946. The minimum absolute atomic E-state index is 0.0243. The summed E-state index contributed by atoms with van der Waals surface area (Å²) >= 11 is 0. The molecule has 0 aliphatic carbocycles. The normalized spacial score (nSPS) is 21.3. The molecule has 0 bridgehead atoms. The zero-order valence-electron chi connectivity index (χ0n) is 11.4. The van der Waals surface area contributed by atoms with E-state index in [1.807, 2.05) is 18.2 Å². The molecule has 1 fully saturated rings. The number of aliphatic hydroxyl groups is 2. The molecular formula is C14H21NO4. The van der Waals surface area contributed by atoms with Gasteiger partial charge in [-0.25, -0.2) is 0 Å². The van der Waals surface area contributed by atoms with Crippen LogP contribution in [0.2, 0.25) is 0 Å². The first-order valence-corrected chi connectivity index (χ1v) is 6.49. The molecule has 2 atom stereocenters. The van der Waals surface area contributed by atoms with E-state index in [9.17, 15) is 10.2 Å². The van der Waals surface area contributed by atoms with Crippen LogP contribution in [0, 0.1) is 0 Å². The summed E-state index contributed by atoms with van der Waals surface area (Å²) in [5, 5.41) is 19.5. The van der Waals surface area contributed by atoms with Crippen molar-refractivity contribution in [2.24, 2.45) is 0 Å². The van der Waals surface area contributed by atoms with E-state index >= 15 is 0 Å². The van der Waals surface area contributed by atoms with E-state index in [0.717, 1.165) is 11.3 Å². The summed E-state index contributed by atoms with van der Waals surface area (Å²) in [7, 11) is 1.59. The van der Waals surface area contributed by atoms with Crippen molar-refractivity contribution in [1.29, 1.82) is 0 Å². The second-order valence-electron chi connectivity index (χ2n) is 4.67. The third-order valence-electron chi connectivity index (χ3n) is 3.43. The smallest absolute Gasteiger partial charge is 0.126 e. The molecule has 5 nitrogen and oxygen atoms in total. The van der Waals surface area contributed by atoms with Crippen molar-refractivity contribution < 1.29 is 19.7 Å². The molecular weight excluding hydrogens is 246 g/mol. The van der Waals surface area contributed by atoms with Gasteiger partial charge in [-0.1, -0.05) is 6.07 Å². The van der Waals surface area contributed by atoms with Gasteiger partial charge in [0, 0.05) is 17.8 Å². The van der Waals surface area contributed by atoms with Gasteiger partial charge in [-0.15, -0.1) is 0 Å². The Kier molecular flexibility index (Phi) is 4.63. The maximum atomic E-state index is 10.0. The van der Waals surface area contributed by atoms with E-state index in [1.165, 1.54) is 0 Å². The Morgan fingerprint density at radius 2 is 2.32 bits per heavy atom. The molecule has 0 aromatic heterocycles. The quantitative estimate of drug-likeness (QED) is 0.850. The van der Waals surface area contributed by atoms with Crippen molar-refractivity contribution in [1.82, 2.24) is 0 Å². The van der Waals surface area contributed by atoms with Crippen molar-refractivity contribution in [2.45, 2.75) is 19.1 Å². The Morgan fingerprint density at radius 3 is 2.95 bits per heavy atom. The summed E-state index contributed by atoms with van der Waals surface area (Å²) in [6.45, 7) is 3.55. The second-order valence-corrected chi connectivity index (χ2v) is 4.67. The van der Waals surface area contributed by atoms with Gasteiger partial charge in [-0.2, -0.15) is 0 Å². The van der Waals surface area contributed by atoms with E-state index in [4.69, 9.17) is 9.47 Å². The Morgan fingerprint density at radius 1 is 1.53 bits per heavy atom. The van der Waals surface area contributed by atoms with Gasteiger partial charge in [0.05, 0.1) is 39.1 Å². The maximum absolute atomic E-state index is 10.0. The lowest BCUT2D eigenvalue weighted by Crippen LogP contribution is -2.48. The van der Waals surface area contributed by atoms with E-state index in [2.05, 4.69) is 4.90 Å². The molecule has 1 unspecified atom stereocenters. The highest BCUT2D eigenvalue weighted by Crippen LogP contribution is 2.35. The van der Waals surface area contributed by atoms with Gasteiger partial charge in [-0.3, -0.25) is 0 Å². The van der Waals surface area contributed by atoms with Gasteiger partial charge in [0.15, 0.2) is 0 Å². The Hall–Kier alpha value is -1.30. The van der Waals surface area contributed by atoms with Gasteiger partial charge in [-0.05, 0) is 19.1 Å². The summed E-state index contributed by atoms with van der Waals surface area (Å²) < 4.78 is 10.7. The number of morpholine rings is 1. The first-order valence-electron chi connectivity index (χ1n) is 6.49. The van der Waals surface area contributed by atoms with Crippen LogP contribution in [0.25, 0.3) is 0 Å². The molecule has 5 heteroatoms. The van der Waals surface area contributed by atoms with Crippen molar-refractivity contribution in [3.05, 3.63) is 23.8 Å². The number of aliphatic hydroxyl groups excluding tert-OH is 2. The molecule has 0 radical (unpaired) electrons. The average Bonchev–Trinajstić information content (AvgIpc) is 2.46. The highest BCUT2D eigenvalue weighted by atomic mass is 16.5. The van der Waals surface area contributed by atoms with Gasteiger partial charge >= 0.3 is 0 Å². The number of rotatable bonds is 4. The highest BCUT2D eigenvalue weighted by molar-refractivity contribution is 5.61. The van der Waals surface area contributed by atoms with Crippen molar-refractivity contribution in [3.63, 3.8) is 0 Å². The Labute approximate surface area is 113 Å². The molecule has 1 aromatic carbocycles. The summed E-state index contributed by atoms with van der Waals surface area (Å²) in [6, 6.07) is 5.58. The van der Waals surface area contributed by atoms with Crippen LogP contribution in [-0.4, -0.2) is 49.7 Å². The molecule has 1 aliphatic rings. The predicted molar refractivity (Wildman–Crippen MR) is 72.7 cm³/mol. The van der Waals surface area contributed by atoms with E-state index in [-0.39, 0.29) is 12.6 Å². The SMILES string of the molecule is COc1cccc(N2CCOCC2CO)c1[C@@H](C)O. The number of hydrogen-bond acceptors (Lipinski definition) is 5. The van der Waals surface area contributed by atoms with Crippen molar-refractivity contribution in [2.75, 3.05) is 38.4 Å². The van der Waals surface area contributed by atoms with Crippen molar-refractivity contribution >= 4 is 5.69 Å². The third-order valence-corrected chi connectivity index (χ3v) is 3.43. The standard InChI is InChI=1S/C14H21NO4/c1-10(17)14-12(4-3-5-13(14)18-2)15-6-7-19-9-11(15)8-16/h3-5,10-11,16-17H,6-9H2,1-2H3/t10-,11?/m1/s1. The molecule has 19 heavy (non-hydrogen) atoms. The van der Waals surface area contributed by atoms with Crippen LogP contribution in [-0.2, 0) is 4.74 Å². The Bertz CT molecular complexity index is 422. The molecule has 1 aliphatic heterocycles. The molecule has 0 saturated carbocycles. The molecule has 0 spiro atoms. The Balaban J connectivity index is 2.42. The van der Waals surface area contributed by atoms with E-state index in [0.29, 0.717) is 25.5 Å². The van der Waals surface area contributed by atoms with Crippen LogP contribution < -0.4 is 9.64 Å². The number of nitrogens with zero attached hydrogens (tertiary/aromatic N) is 1. The van der Waals surface area contributed by atoms with Gasteiger partial charge in [0.2, 0.25) is 0 Å². The van der Waals surface area contributed by atoms with Crippen LogP contribution in [0.3, 0.4) is 0 Å². The fraction of sp³-hybridized carbons (Fsp3) is 0.571. The summed E-state index contributed by atoms with van der Waals surface area (Å²) in [5.41, 5.74) is 1.65. The molecule has 2 rings (SSSR count). The molecule has 0 amide bonds. The first-order chi connectivity index (χ1) is 9.19. The van der Waals surface area contributed by atoms with Crippen LogP contribution >= 0.6 is 0 Å². The largest absolute Gasteiger partial charge is 0.496 e. The lowest BCUT2D eigenvalue weighted by Gasteiger charge is -2.38. The molecule has 1 heterocycles. The van der Waals surface area contributed by atoms with Crippen LogP contribution in [0.15, 0.2) is 18.2 Å². The number of anilines is 1. The van der Waals surface area contributed by atoms with Gasteiger partial charge in [0.1, 0.15) is 5.75 Å². The van der Waals surface area contributed by atoms with Crippen LogP contribution in [0.4, 0.5) is 5.69 Å². The molecule has 106 valence electrons. The summed E-state index contributed by atoms with van der Waals surface area (Å²) in [5.74, 6) is 0.663. The highest BCUT2D eigenvalue weighted by Gasteiger charge is 2.26. The summed E-state index contributed by atoms with van der Waals surface area (Å²) in [6.07, 6.45) is -0.631. The monoisotopic (exact) mass is 267 g/mol. The molecule has 1 saturated heterocycles. The maximum Gasteiger partial charge on any atom is 0.126 e.